The van der Waals surface area contributed by atoms with Crippen LogP contribution in [0.25, 0.3) is 0 Å². The molecule has 0 bridgehead atoms. The summed E-state index contributed by atoms with van der Waals surface area (Å²) in [7, 11) is 0. The fraction of sp³-hybridized carbons (Fsp3) is 0.588. The molecule has 0 aliphatic rings. The van der Waals surface area contributed by atoms with E-state index < -0.39 is 0 Å². The first-order chi connectivity index (χ1) is 9.24. The number of rotatable bonds is 5. The predicted octanol–water partition coefficient (Wildman–Crippen LogP) is 3.19. The van der Waals surface area contributed by atoms with Crippen molar-refractivity contribution in [1.82, 2.24) is 5.32 Å². The summed E-state index contributed by atoms with van der Waals surface area (Å²) < 4.78 is 0. The van der Waals surface area contributed by atoms with E-state index in [1.807, 2.05) is 6.92 Å². The van der Waals surface area contributed by atoms with E-state index in [-0.39, 0.29) is 23.4 Å². The first-order valence-corrected chi connectivity index (χ1v) is 7.37. The minimum Gasteiger partial charge on any atom is -0.350 e. The molecule has 0 saturated heterocycles. The average molecular weight is 276 g/mol. The normalized spacial score (nSPS) is 14.7. The van der Waals surface area contributed by atoms with Gasteiger partial charge in [0.25, 0.3) is 0 Å². The van der Waals surface area contributed by atoms with Crippen LogP contribution in [-0.2, 0) is 11.2 Å². The molecule has 1 aromatic rings. The summed E-state index contributed by atoms with van der Waals surface area (Å²) >= 11 is 0. The van der Waals surface area contributed by atoms with Gasteiger partial charge in [-0.1, -0.05) is 52.0 Å². The van der Waals surface area contributed by atoms with E-state index in [1.54, 1.807) is 0 Å². The van der Waals surface area contributed by atoms with Gasteiger partial charge in [-0.2, -0.15) is 0 Å². The Morgan fingerprint density at radius 2 is 1.80 bits per heavy atom. The quantitative estimate of drug-likeness (QED) is 0.867. The van der Waals surface area contributed by atoms with Gasteiger partial charge in [0.1, 0.15) is 0 Å². The molecule has 112 valence electrons. The van der Waals surface area contributed by atoms with Crippen LogP contribution in [0.5, 0.6) is 0 Å². The Morgan fingerprint density at radius 1 is 1.25 bits per heavy atom. The van der Waals surface area contributed by atoms with Gasteiger partial charge >= 0.3 is 0 Å². The zero-order valence-electron chi connectivity index (χ0n) is 13.4. The smallest absolute Gasteiger partial charge is 0.222 e. The third-order valence-corrected chi connectivity index (χ3v) is 3.78. The van der Waals surface area contributed by atoms with E-state index in [9.17, 15) is 4.79 Å². The molecule has 2 unspecified atom stereocenters. The number of carbonyl (C=O) groups is 1. The SMILES string of the molecule is CCc1ccc(C(C)NC(=O)CC(N)C(C)(C)C)cc1. The molecule has 3 nitrogen and oxygen atoms in total. The molecule has 2 atom stereocenters. The third kappa shape index (κ3) is 4.97. The molecule has 0 aliphatic carbocycles. The highest BCUT2D eigenvalue weighted by molar-refractivity contribution is 5.77. The topological polar surface area (TPSA) is 55.1 Å². The lowest BCUT2D eigenvalue weighted by atomic mass is 9.85. The summed E-state index contributed by atoms with van der Waals surface area (Å²) in [6, 6.07) is 8.26. The van der Waals surface area contributed by atoms with Gasteiger partial charge in [-0.15, -0.1) is 0 Å². The van der Waals surface area contributed by atoms with Gasteiger partial charge in [0, 0.05) is 12.5 Å². The minimum atomic E-state index is -0.128. The molecule has 3 N–H and O–H groups in total. The highest BCUT2D eigenvalue weighted by atomic mass is 16.1. The molecule has 0 aliphatic heterocycles. The number of hydrogen-bond donors (Lipinski definition) is 2. The number of benzene rings is 1. The van der Waals surface area contributed by atoms with Crippen molar-refractivity contribution < 1.29 is 4.79 Å². The molecule has 1 amide bonds. The van der Waals surface area contributed by atoms with E-state index in [4.69, 9.17) is 5.73 Å². The molecule has 0 fully saturated rings. The van der Waals surface area contributed by atoms with E-state index in [0.29, 0.717) is 6.42 Å². The van der Waals surface area contributed by atoms with Crippen LogP contribution in [0.2, 0.25) is 0 Å². The molecule has 0 aromatic heterocycles. The van der Waals surface area contributed by atoms with Gasteiger partial charge in [-0.3, -0.25) is 4.79 Å². The highest BCUT2D eigenvalue weighted by Gasteiger charge is 2.23. The fourth-order valence-electron chi connectivity index (χ4n) is 1.93. The van der Waals surface area contributed by atoms with Crippen LogP contribution in [0.1, 0.15) is 58.2 Å². The Balaban J connectivity index is 2.56. The Bertz CT molecular complexity index is 431. The standard InChI is InChI=1S/C17H28N2O/c1-6-13-7-9-14(10-8-13)12(2)19-16(20)11-15(18)17(3,4)5/h7-10,12,15H,6,11,18H2,1-5H3,(H,19,20). The number of nitrogens with two attached hydrogens (primary N) is 1. The molecule has 1 aromatic carbocycles. The van der Waals surface area contributed by atoms with Gasteiger partial charge in [0.05, 0.1) is 6.04 Å². The first kappa shape index (κ1) is 16.7. The second-order valence-electron chi connectivity index (χ2n) is 6.56. The Kier molecular flexibility index (Phi) is 5.75. The summed E-state index contributed by atoms with van der Waals surface area (Å²) in [4.78, 5) is 12.0. The van der Waals surface area contributed by atoms with E-state index in [1.165, 1.54) is 5.56 Å². The average Bonchev–Trinajstić information content (AvgIpc) is 2.37. The van der Waals surface area contributed by atoms with Crippen LogP contribution in [-0.4, -0.2) is 11.9 Å². The molecule has 0 heterocycles. The minimum absolute atomic E-state index is 0.0134. The van der Waals surface area contributed by atoms with Gasteiger partial charge < -0.3 is 11.1 Å². The highest BCUT2D eigenvalue weighted by Crippen LogP contribution is 2.20. The van der Waals surface area contributed by atoms with E-state index >= 15 is 0 Å². The van der Waals surface area contributed by atoms with Crippen LogP contribution in [0.15, 0.2) is 24.3 Å². The molecular formula is C17H28N2O. The second kappa shape index (κ2) is 6.89. The molecule has 1 rings (SSSR count). The molecule has 0 radical (unpaired) electrons. The van der Waals surface area contributed by atoms with Crippen LogP contribution in [0.4, 0.5) is 0 Å². The molecule has 0 saturated carbocycles. The number of amides is 1. The summed E-state index contributed by atoms with van der Waals surface area (Å²) in [5.74, 6) is 0.0134. The van der Waals surface area contributed by atoms with Gasteiger partial charge in [-0.05, 0) is 29.9 Å². The van der Waals surface area contributed by atoms with Crippen molar-refractivity contribution in [1.29, 1.82) is 0 Å². The van der Waals surface area contributed by atoms with Crippen molar-refractivity contribution in [3.8, 4) is 0 Å². The van der Waals surface area contributed by atoms with Gasteiger partial charge in [0.15, 0.2) is 0 Å². The summed E-state index contributed by atoms with van der Waals surface area (Å²) in [5.41, 5.74) is 8.42. The Hall–Kier alpha value is -1.35. The molecule has 3 heteroatoms. The number of nitrogens with one attached hydrogen (secondary N) is 1. The maximum atomic E-state index is 12.0. The second-order valence-corrected chi connectivity index (χ2v) is 6.56. The van der Waals surface area contributed by atoms with Crippen molar-refractivity contribution in [2.24, 2.45) is 11.1 Å². The predicted molar refractivity (Wildman–Crippen MR) is 84.4 cm³/mol. The van der Waals surface area contributed by atoms with Crippen LogP contribution in [0, 0.1) is 5.41 Å². The summed E-state index contributed by atoms with van der Waals surface area (Å²) in [5, 5.41) is 3.02. The molecular weight excluding hydrogens is 248 g/mol. The van der Waals surface area contributed by atoms with Crippen LogP contribution >= 0.6 is 0 Å². The first-order valence-electron chi connectivity index (χ1n) is 7.37. The number of carbonyl (C=O) groups excluding carboxylic acids is 1. The lowest BCUT2D eigenvalue weighted by molar-refractivity contribution is -0.122. The number of aryl methyl sites for hydroxylation is 1. The summed E-state index contributed by atoms with van der Waals surface area (Å²) in [6.07, 6.45) is 1.39. The van der Waals surface area contributed by atoms with Gasteiger partial charge in [0.2, 0.25) is 5.91 Å². The Labute approximate surface area is 122 Å². The van der Waals surface area contributed by atoms with Crippen molar-refractivity contribution in [3.05, 3.63) is 35.4 Å². The lowest BCUT2D eigenvalue weighted by Crippen LogP contribution is -2.40. The van der Waals surface area contributed by atoms with Crippen molar-refractivity contribution in [2.75, 3.05) is 0 Å². The lowest BCUT2D eigenvalue weighted by Gasteiger charge is -2.27. The zero-order valence-corrected chi connectivity index (χ0v) is 13.4. The monoisotopic (exact) mass is 276 g/mol. The maximum absolute atomic E-state index is 12.0. The number of hydrogen-bond acceptors (Lipinski definition) is 2. The third-order valence-electron chi connectivity index (χ3n) is 3.78. The zero-order chi connectivity index (χ0) is 15.3. The van der Waals surface area contributed by atoms with E-state index in [2.05, 4.69) is 57.3 Å². The fourth-order valence-corrected chi connectivity index (χ4v) is 1.93. The summed E-state index contributed by atoms with van der Waals surface area (Å²) in [6.45, 7) is 10.3. The largest absolute Gasteiger partial charge is 0.350 e. The van der Waals surface area contributed by atoms with Gasteiger partial charge in [-0.25, -0.2) is 0 Å². The van der Waals surface area contributed by atoms with Crippen molar-refractivity contribution in [2.45, 2.75) is 59.5 Å². The van der Waals surface area contributed by atoms with E-state index in [0.717, 1.165) is 12.0 Å². The maximum Gasteiger partial charge on any atom is 0.222 e. The Morgan fingerprint density at radius 3 is 2.25 bits per heavy atom. The van der Waals surface area contributed by atoms with Crippen LogP contribution < -0.4 is 11.1 Å². The van der Waals surface area contributed by atoms with Crippen molar-refractivity contribution >= 4 is 5.91 Å². The molecule has 0 spiro atoms. The van der Waals surface area contributed by atoms with Crippen LogP contribution in [0.3, 0.4) is 0 Å². The van der Waals surface area contributed by atoms with Crippen molar-refractivity contribution in [3.63, 3.8) is 0 Å². The molecule has 20 heavy (non-hydrogen) atoms.